The minimum absolute atomic E-state index is 0.432. The summed E-state index contributed by atoms with van der Waals surface area (Å²) in [4.78, 5) is 4.01. The van der Waals surface area contributed by atoms with Crippen LogP contribution in [-0.2, 0) is 10.0 Å². The van der Waals surface area contributed by atoms with Crippen LogP contribution < -0.4 is 10.0 Å². The smallest absolute Gasteiger partial charge is 0.209 e. The first kappa shape index (κ1) is 13.7. The van der Waals surface area contributed by atoms with Gasteiger partial charge in [-0.1, -0.05) is 11.6 Å². The molecule has 0 radical (unpaired) electrons. The van der Waals surface area contributed by atoms with Crippen molar-refractivity contribution in [3.63, 3.8) is 0 Å². The van der Waals surface area contributed by atoms with Crippen LogP contribution in [0.5, 0.6) is 0 Å². The van der Waals surface area contributed by atoms with E-state index in [2.05, 4.69) is 15.0 Å². The molecule has 1 rings (SSSR count). The van der Waals surface area contributed by atoms with E-state index >= 15 is 0 Å². The minimum atomic E-state index is -3.21. The van der Waals surface area contributed by atoms with Crippen molar-refractivity contribution in [3.05, 3.63) is 10.5 Å². The Morgan fingerprint density at radius 2 is 2.19 bits per heavy atom. The van der Waals surface area contributed by atoms with Crippen LogP contribution in [0, 0.1) is 0 Å². The predicted molar refractivity (Wildman–Crippen MR) is 67.7 cm³/mol. The Kier molecular flexibility index (Phi) is 4.17. The van der Waals surface area contributed by atoms with Crippen LogP contribution >= 0.6 is 22.9 Å². The van der Waals surface area contributed by atoms with E-state index in [1.54, 1.807) is 19.2 Å². The summed E-state index contributed by atoms with van der Waals surface area (Å²) in [5, 5.41) is 5.84. The summed E-state index contributed by atoms with van der Waals surface area (Å²) in [7, 11) is -3.21. The normalized spacial score (nSPS) is 12.8. The monoisotopic (exact) mass is 283 g/mol. The molecule has 8 heteroatoms. The fourth-order valence-electron chi connectivity index (χ4n) is 1.17. The molecule has 16 heavy (non-hydrogen) atoms. The van der Waals surface area contributed by atoms with Gasteiger partial charge in [-0.2, -0.15) is 0 Å². The van der Waals surface area contributed by atoms with Gasteiger partial charge in [0.15, 0.2) is 5.13 Å². The number of halogens is 1. The first-order valence-electron chi connectivity index (χ1n) is 4.52. The second kappa shape index (κ2) is 4.87. The molecule has 0 bridgehead atoms. The Morgan fingerprint density at radius 1 is 1.56 bits per heavy atom. The highest BCUT2D eigenvalue weighted by molar-refractivity contribution is 7.88. The van der Waals surface area contributed by atoms with Gasteiger partial charge >= 0.3 is 0 Å². The van der Waals surface area contributed by atoms with E-state index in [0.29, 0.717) is 16.8 Å². The lowest BCUT2D eigenvalue weighted by atomic mass is 10.1. The van der Waals surface area contributed by atoms with Crippen molar-refractivity contribution < 1.29 is 8.42 Å². The summed E-state index contributed by atoms with van der Waals surface area (Å²) in [5.41, 5.74) is -0.578. The third kappa shape index (κ3) is 5.11. The van der Waals surface area contributed by atoms with Crippen molar-refractivity contribution in [1.82, 2.24) is 9.71 Å². The topological polar surface area (TPSA) is 71.1 Å². The first-order chi connectivity index (χ1) is 7.18. The molecule has 5 nitrogen and oxygen atoms in total. The average molecular weight is 284 g/mol. The third-order valence-corrected chi connectivity index (χ3v) is 3.67. The number of rotatable bonds is 5. The largest absolute Gasteiger partial charge is 0.360 e. The highest BCUT2D eigenvalue weighted by atomic mass is 35.5. The van der Waals surface area contributed by atoms with Gasteiger partial charge in [0.25, 0.3) is 0 Å². The highest BCUT2D eigenvalue weighted by Gasteiger charge is 2.22. The molecule has 0 aromatic carbocycles. The minimum Gasteiger partial charge on any atom is -0.360 e. The first-order valence-corrected chi connectivity index (χ1v) is 7.67. The van der Waals surface area contributed by atoms with Gasteiger partial charge in [-0.15, -0.1) is 11.3 Å². The molecule has 1 aromatic heterocycles. The SMILES string of the molecule is CC(C)(CNc1nc(Cl)cs1)NS(C)(=O)=O. The molecule has 0 unspecified atom stereocenters. The number of aromatic nitrogens is 1. The summed E-state index contributed by atoms with van der Waals surface area (Å²) in [5.74, 6) is 0. The maximum Gasteiger partial charge on any atom is 0.209 e. The van der Waals surface area contributed by atoms with Gasteiger partial charge < -0.3 is 5.32 Å². The van der Waals surface area contributed by atoms with E-state index in [1.807, 2.05) is 0 Å². The Morgan fingerprint density at radius 3 is 2.62 bits per heavy atom. The summed E-state index contributed by atoms with van der Waals surface area (Å²) in [6.07, 6.45) is 1.13. The number of hydrogen-bond acceptors (Lipinski definition) is 5. The molecule has 0 spiro atoms. The second-order valence-electron chi connectivity index (χ2n) is 4.09. The molecule has 0 aliphatic carbocycles. The quantitative estimate of drug-likeness (QED) is 0.860. The van der Waals surface area contributed by atoms with Gasteiger partial charge in [-0.05, 0) is 13.8 Å². The molecular weight excluding hydrogens is 270 g/mol. The van der Waals surface area contributed by atoms with E-state index < -0.39 is 15.6 Å². The molecule has 1 aromatic rings. The second-order valence-corrected chi connectivity index (χ2v) is 7.08. The summed E-state index contributed by atoms with van der Waals surface area (Å²) in [6.45, 7) is 4.01. The summed E-state index contributed by atoms with van der Waals surface area (Å²) < 4.78 is 24.7. The highest BCUT2D eigenvalue weighted by Crippen LogP contribution is 2.19. The van der Waals surface area contributed by atoms with Crippen molar-refractivity contribution in [1.29, 1.82) is 0 Å². The fraction of sp³-hybridized carbons (Fsp3) is 0.625. The Bertz CT molecular complexity index is 456. The van der Waals surface area contributed by atoms with Gasteiger partial charge in [0, 0.05) is 17.5 Å². The Labute approximate surface area is 104 Å². The lowest BCUT2D eigenvalue weighted by molar-refractivity contribution is 0.476. The van der Waals surface area contributed by atoms with E-state index in [4.69, 9.17) is 11.6 Å². The van der Waals surface area contributed by atoms with Crippen LogP contribution in [0.25, 0.3) is 0 Å². The number of sulfonamides is 1. The number of anilines is 1. The maximum atomic E-state index is 11.1. The molecule has 0 aliphatic rings. The molecule has 0 fully saturated rings. The maximum absolute atomic E-state index is 11.1. The third-order valence-electron chi connectivity index (χ3n) is 1.62. The molecule has 0 aliphatic heterocycles. The number of nitrogens with one attached hydrogen (secondary N) is 2. The van der Waals surface area contributed by atoms with E-state index in [9.17, 15) is 8.42 Å². The number of nitrogens with zero attached hydrogens (tertiary/aromatic N) is 1. The van der Waals surface area contributed by atoms with Gasteiger partial charge in [0.2, 0.25) is 10.0 Å². The zero-order valence-corrected chi connectivity index (χ0v) is 11.6. The van der Waals surface area contributed by atoms with Gasteiger partial charge in [0.05, 0.1) is 6.26 Å². The van der Waals surface area contributed by atoms with Crippen molar-refractivity contribution in [2.45, 2.75) is 19.4 Å². The number of hydrogen-bond donors (Lipinski definition) is 2. The van der Waals surface area contributed by atoms with E-state index in [1.165, 1.54) is 11.3 Å². The zero-order chi connectivity index (χ0) is 12.4. The average Bonchev–Trinajstić information content (AvgIpc) is 2.44. The molecule has 2 N–H and O–H groups in total. The molecule has 92 valence electrons. The van der Waals surface area contributed by atoms with Gasteiger partial charge in [-0.3, -0.25) is 0 Å². The summed E-state index contributed by atoms with van der Waals surface area (Å²) >= 11 is 7.04. The fourth-order valence-corrected chi connectivity index (χ4v) is 3.08. The molecule has 0 amide bonds. The lowest BCUT2D eigenvalue weighted by Crippen LogP contribution is -2.47. The Balaban J connectivity index is 2.54. The van der Waals surface area contributed by atoms with Gasteiger partial charge in [-0.25, -0.2) is 18.1 Å². The van der Waals surface area contributed by atoms with Crippen molar-refractivity contribution in [2.75, 3.05) is 18.1 Å². The van der Waals surface area contributed by atoms with Crippen LogP contribution in [-0.4, -0.2) is 31.7 Å². The van der Waals surface area contributed by atoms with Gasteiger partial charge in [0.1, 0.15) is 5.15 Å². The van der Waals surface area contributed by atoms with E-state index in [0.717, 1.165) is 6.26 Å². The molecule has 0 atom stereocenters. The van der Waals surface area contributed by atoms with Crippen molar-refractivity contribution in [3.8, 4) is 0 Å². The van der Waals surface area contributed by atoms with Crippen LogP contribution in [0.15, 0.2) is 5.38 Å². The summed E-state index contributed by atoms with van der Waals surface area (Å²) in [6, 6.07) is 0. The Hall–Kier alpha value is -0.370. The van der Waals surface area contributed by atoms with Crippen LogP contribution in [0.3, 0.4) is 0 Å². The van der Waals surface area contributed by atoms with Crippen LogP contribution in [0.4, 0.5) is 5.13 Å². The lowest BCUT2D eigenvalue weighted by Gasteiger charge is -2.24. The van der Waals surface area contributed by atoms with E-state index in [-0.39, 0.29) is 0 Å². The predicted octanol–water partition coefficient (Wildman–Crippen LogP) is 1.54. The van der Waals surface area contributed by atoms with Crippen LogP contribution in [0.1, 0.15) is 13.8 Å². The zero-order valence-electron chi connectivity index (χ0n) is 9.24. The van der Waals surface area contributed by atoms with Crippen molar-refractivity contribution >= 4 is 38.1 Å². The molecular formula is C8H14ClN3O2S2. The number of thiazole rings is 1. The molecule has 0 saturated carbocycles. The standard InChI is InChI=1S/C8H14ClN3O2S2/c1-8(2,12-16(3,13)14)5-10-7-11-6(9)4-15-7/h4,12H,5H2,1-3H3,(H,10,11). The molecule has 0 saturated heterocycles. The molecule has 1 heterocycles. The van der Waals surface area contributed by atoms with Crippen molar-refractivity contribution in [2.24, 2.45) is 0 Å². The van der Waals surface area contributed by atoms with Crippen LogP contribution in [0.2, 0.25) is 5.15 Å².